The highest BCUT2D eigenvalue weighted by atomic mass is 16.2. The lowest BCUT2D eigenvalue weighted by Gasteiger charge is -2.36. The number of carbonyl (C=O) groups is 2. The lowest BCUT2D eigenvalue weighted by atomic mass is 9.93. The number of hydrogen-bond donors (Lipinski definition) is 1. The zero-order valence-corrected chi connectivity index (χ0v) is 20.0. The fourth-order valence-corrected chi connectivity index (χ4v) is 4.87. The molecule has 2 fully saturated rings. The predicted octanol–water partition coefficient (Wildman–Crippen LogP) is 5.35. The second kappa shape index (κ2) is 10.9. The first kappa shape index (κ1) is 23.3. The Kier molecular flexibility index (Phi) is 7.69. The first-order chi connectivity index (χ1) is 16.1. The van der Waals surface area contributed by atoms with Gasteiger partial charge in [0.2, 0.25) is 5.91 Å². The summed E-state index contributed by atoms with van der Waals surface area (Å²) < 4.78 is 0. The number of hydrogen-bond acceptors (Lipinski definition) is 2. The number of urea groups is 1. The molecule has 2 aromatic carbocycles. The van der Waals surface area contributed by atoms with E-state index in [1.54, 1.807) is 0 Å². The molecule has 1 N–H and O–H groups in total. The molecule has 0 spiro atoms. The molecule has 4 rings (SSSR count). The molecule has 2 aliphatic rings. The van der Waals surface area contributed by atoms with E-state index < -0.39 is 0 Å². The van der Waals surface area contributed by atoms with Crippen LogP contribution in [0.2, 0.25) is 0 Å². The van der Waals surface area contributed by atoms with Gasteiger partial charge in [-0.2, -0.15) is 0 Å². The molecule has 5 nitrogen and oxygen atoms in total. The van der Waals surface area contributed by atoms with Gasteiger partial charge in [-0.3, -0.25) is 4.79 Å². The standard InChI is InChI=1S/C28H37N3O2/c1-3-26(24-12-8-5-9-13-24)27(32)30-18-16-25(17-19-30)29-28(33)31(20-22-14-15-22)21(2)23-10-6-4-7-11-23/h4-13,21-22,25-26H,3,14-20H2,1-2H3,(H,29,33). The molecule has 176 valence electrons. The van der Waals surface area contributed by atoms with Gasteiger partial charge in [0.25, 0.3) is 0 Å². The molecule has 1 saturated heterocycles. The Bertz CT molecular complexity index is 905. The number of piperidine rings is 1. The molecule has 3 amide bonds. The minimum Gasteiger partial charge on any atom is -0.342 e. The number of carbonyl (C=O) groups excluding carboxylic acids is 2. The molecule has 33 heavy (non-hydrogen) atoms. The van der Waals surface area contributed by atoms with Crippen LogP contribution in [-0.4, -0.2) is 47.4 Å². The fraction of sp³-hybridized carbons (Fsp3) is 0.500. The summed E-state index contributed by atoms with van der Waals surface area (Å²) in [5.74, 6) is 0.755. The van der Waals surface area contributed by atoms with Crippen molar-refractivity contribution in [2.45, 2.75) is 64.0 Å². The highest BCUT2D eigenvalue weighted by Gasteiger charge is 2.33. The Balaban J connectivity index is 1.33. The summed E-state index contributed by atoms with van der Waals surface area (Å²) in [6.45, 7) is 6.40. The van der Waals surface area contributed by atoms with E-state index >= 15 is 0 Å². The maximum atomic E-state index is 13.3. The molecule has 1 aliphatic carbocycles. The van der Waals surface area contributed by atoms with Crippen LogP contribution in [0.15, 0.2) is 60.7 Å². The van der Waals surface area contributed by atoms with Crippen molar-refractivity contribution < 1.29 is 9.59 Å². The Morgan fingerprint density at radius 2 is 1.52 bits per heavy atom. The zero-order valence-electron chi connectivity index (χ0n) is 20.0. The predicted molar refractivity (Wildman–Crippen MR) is 132 cm³/mol. The Labute approximate surface area is 198 Å². The van der Waals surface area contributed by atoms with Crippen LogP contribution in [0.5, 0.6) is 0 Å². The van der Waals surface area contributed by atoms with Gasteiger partial charge >= 0.3 is 6.03 Å². The van der Waals surface area contributed by atoms with Crippen LogP contribution in [0.4, 0.5) is 4.79 Å². The van der Waals surface area contributed by atoms with Crippen molar-refractivity contribution in [1.29, 1.82) is 0 Å². The van der Waals surface area contributed by atoms with Crippen molar-refractivity contribution in [3.05, 3.63) is 71.8 Å². The van der Waals surface area contributed by atoms with Crippen molar-refractivity contribution >= 4 is 11.9 Å². The van der Waals surface area contributed by atoms with Crippen molar-refractivity contribution in [3.63, 3.8) is 0 Å². The summed E-state index contributed by atoms with van der Waals surface area (Å²) in [7, 11) is 0. The smallest absolute Gasteiger partial charge is 0.318 e. The van der Waals surface area contributed by atoms with Crippen molar-refractivity contribution in [1.82, 2.24) is 15.1 Å². The van der Waals surface area contributed by atoms with Crippen LogP contribution in [-0.2, 0) is 4.79 Å². The number of rotatable bonds is 8. The third-order valence-electron chi connectivity index (χ3n) is 7.20. The van der Waals surface area contributed by atoms with Crippen molar-refractivity contribution in [3.8, 4) is 0 Å². The third-order valence-corrected chi connectivity index (χ3v) is 7.20. The maximum absolute atomic E-state index is 13.3. The largest absolute Gasteiger partial charge is 0.342 e. The van der Waals surface area contributed by atoms with Crippen molar-refractivity contribution in [2.24, 2.45) is 5.92 Å². The lowest BCUT2D eigenvalue weighted by molar-refractivity contribution is -0.134. The van der Waals surface area contributed by atoms with Crippen molar-refractivity contribution in [2.75, 3.05) is 19.6 Å². The average molecular weight is 448 g/mol. The van der Waals surface area contributed by atoms with Gasteiger partial charge in [-0.1, -0.05) is 67.6 Å². The lowest BCUT2D eigenvalue weighted by Crippen LogP contribution is -2.51. The molecule has 0 bridgehead atoms. The minimum absolute atomic E-state index is 0.0266. The Hall–Kier alpha value is -2.82. The Morgan fingerprint density at radius 3 is 2.06 bits per heavy atom. The number of nitrogens with one attached hydrogen (secondary N) is 1. The van der Waals surface area contributed by atoms with Gasteiger partial charge in [0.15, 0.2) is 0 Å². The van der Waals surface area contributed by atoms with Gasteiger partial charge in [0.05, 0.1) is 12.0 Å². The summed E-state index contributed by atoms with van der Waals surface area (Å²) >= 11 is 0. The second-order valence-corrected chi connectivity index (χ2v) is 9.60. The summed E-state index contributed by atoms with van der Waals surface area (Å²) in [6.07, 6.45) is 4.84. The molecular weight excluding hydrogens is 410 g/mol. The van der Waals surface area contributed by atoms with Gasteiger partial charge in [-0.05, 0) is 56.1 Å². The van der Waals surface area contributed by atoms with Crippen LogP contribution in [0.25, 0.3) is 0 Å². The number of likely N-dealkylation sites (tertiary alicyclic amines) is 1. The zero-order chi connectivity index (χ0) is 23.2. The van der Waals surface area contributed by atoms with E-state index in [4.69, 9.17) is 0 Å². The second-order valence-electron chi connectivity index (χ2n) is 9.60. The normalized spacial score (nSPS) is 18.4. The van der Waals surface area contributed by atoms with Crippen LogP contribution in [0, 0.1) is 5.92 Å². The van der Waals surface area contributed by atoms with E-state index in [0.29, 0.717) is 19.0 Å². The highest BCUT2D eigenvalue weighted by Crippen LogP contribution is 2.33. The number of nitrogens with zero attached hydrogens (tertiary/aromatic N) is 2. The molecule has 2 unspecified atom stereocenters. The highest BCUT2D eigenvalue weighted by molar-refractivity contribution is 5.84. The molecule has 1 aliphatic heterocycles. The molecule has 2 aromatic rings. The molecule has 0 radical (unpaired) electrons. The number of benzene rings is 2. The number of amides is 3. The topological polar surface area (TPSA) is 52.7 Å². The summed E-state index contributed by atoms with van der Waals surface area (Å²) in [5, 5.41) is 3.29. The van der Waals surface area contributed by atoms with Crippen LogP contribution in [0.3, 0.4) is 0 Å². The summed E-state index contributed by atoms with van der Waals surface area (Å²) in [5.41, 5.74) is 2.26. The monoisotopic (exact) mass is 447 g/mol. The molecule has 1 saturated carbocycles. The first-order valence-corrected chi connectivity index (χ1v) is 12.5. The Morgan fingerprint density at radius 1 is 0.939 bits per heavy atom. The fourth-order valence-electron chi connectivity index (χ4n) is 4.87. The quantitative estimate of drug-likeness (QED) is 0.593. The van der Waals surface area contributed by atoms with Crippen LogP contribution >= 0.6 is 0 Å². The van der Waals surface area contributed by atoms with Gasteiger partial charge in [-0.15, -0.1) is 0 Å². The summed E-state index contributed by atoms with van der Waals surface area (Å²) in [6, 6.07) is 20.5. The van der Waals surface area contributed by atoms with Crippen LogP contribution in [0.1, 0.15) is 69.0 Å². The maximum Gasteiger partial charge on any atom is 0.318 e. The SMILES string of the molecule is CCC(C(=O)N1CCC(NC(=O)N(CC2CC2)C(C)c2ccccc2)CC1)c1ccccc1. The van der Waals surface area contributed by atoms with Gasteiger partial charge in [0, 0.05) is 25.7 Å². The van der Waals surface area contributed by atoms with E-state index in [1.165, 1.54) is 18.4 Å². The molecule has 1 heterocycles. The van der Waals surface area contributed by atoms with Gasteiger partial charge in [0.1, 0.15) is 0 Å². The van der Waals surface area contributed by atoms with Gasteiger partial charge in [-0.25, -0.2) is 4.79 Å². The summed E-state index contributed by atoms with van der Waals surface area (Å²) in [4.78, 5) is 30.4. The van der Waals surface area contributed by atoms with E-state index in [-0.39, 0.29) is 29.9 Å². The van der Waals surface area contributed by atoms with E-state index in [1.807, 2.05) is 58.3 Å². The molecule has 2 atom stereocenters. The van der Waals surface area contributed by atoms with Gasteiger partial charge < -0.3 is 15.1 Å². The average Bonchev–Trinajstić information content (AvgIpc) is 3.68. The van der Waals surface area contributed by atoms with E-state index in [9.17, 15) is 9.59 Å². The first-order valence-electron chi connectivity index (χ1n) is 12.5. The third kappa shape index (κ3) is 5.95. The minimum atomic E-state index is -0.0851. The van der Waals surface area contributed by atoms with Crippen LogP contribution < -0.4 is 5.32 Å². The molecule has 0 aromatic heterocycles. The van der Waals surface area contributed by atoms with E-state index in [0.717, 1.165) is 31.4 Å². The molecular formula is C28H37N3O2. The van der Waals surface area contributed by atoms with E-state index in [2.05, 4.69) is 31.3 Å². The molecule has 5 heteroatoms.